The molecule has 10 heteroatoms. The van der Waals surface area contributed by atoms with Gasteiger partial charge >= 0.3 is 6.09 Å². The van der Waals surface area contributed by atoms with Crippen LogP contribution in [0.4, 0.5) is 4.79 Å². The molecule has 4 bridgehead atoms. The van der Waals surface area contributed by atoms with Crippen LogP contribution in [0.25, 0.3) is 11.6 Å². The number of nitrogens with one attached hydrogen (secondary N) is 2. The van der Waals surface area contributed by atoms with Crippen molar-refractivity contribution in [3.8, 4) is 17.6 Å². The fraction of sp³-hybridized carbons (Fsp3) is 0.273. The van der Waals surface area contributed by atoms with Gasteiger partial charge in [-0.05, 0) is 67.7 Å². The molecule has 1 aliphatic heterocycles. The van der Waals surface area contributed by atoms with E-state index in [0.29, 0.717) is 41.4 Å². The van der Waals surface area contributed by atoms with Gasteiger partial charge in [-0.2, -0.15) is 5.26 Å². The molecule has 0 unspecified atom stereocenters. The molecular formula is C44H44N4O6. The van der Waals surface area contributed by atoms with E-state index in [1.807, 2.05) is 123 Å². The molecule has 0 aliphatic carbocycles. The number of nitrogens with zero attached hydrogens (tertiary/aromatic N) is 2. The van der Waals surface area contributed by atoms with Crippen molar-refractivity contribution in [2.75, 3.05) is 0 Å². The van der Waals surface area contributed by atoms with Crippen LogP contribution in [0, 0.1) is 17.2 Å². The van der Waals surface area contributed by atoms with Gasteiger partial charge in [0.05, 0.1) is 0 Å². The Morgan fingerprint density at radius 3 is 2.19 bits per heavy atom. The first-order chi connectivity index (χ1) is 26.0. The lowest BCUT2D eigenvalue weighted by molar-refractivity contribution is -0.124. The number of aromatic nitrogens is 1. The van der Waals surface area contributed by atoms with Gasteiger partial charge in [-0.15, -0.1) is 0 Å². The van der Waals surface area contributed by atoms with E-state index in [0.717, 1.165) is 16.7 Å². The van der Waals surface area contributed by atoms with E-state index in [-0.39, 0.29) is 29.7 Å². The average Bonchev–Trinajstić information content (AvgIpc) is 3.58. The second-order valence-electron chi connectivity index (χ2n) is 14.4. The van der Waals surface area contributed by atoms with Crippen molar-refractivity contribution < 1.29 is 28.2 Å². The van der Waals surface area contributed by atoms with Crippen LogP contribution in [0.2, 0.25) is 0 Å². The van der Waals surface area contributed by atoms with Gasteiger partial charge in [0.2, 0.25) is 11.8 Å². The van der Waals surface area contributed by atoms with Crippen LogP contribution in [-0.4, -0.2) is 28.6 Å². The summed E-state index contributed by atoms with van der Waals surface area (Å²) in [5.74, 6) is 0.823. The first-order valence-corrected chi connectivity index (χ1v) is 18.0. The first kappa shape index (κ1) is 37.4. The monoisotopic (exact) mass is 724 g/mol. The topological polar surface area (TPSA) is 136 Å². The molecule has 0 radical (unpaired) electrons. The molecule has 276 valence electrons. The van der Waals surface area contributed by atoms with E-state index in [4.69, 9.17) is 18.6 Å². The summed E-state index contributed by atoms with van der Waals surface area (Å²) in [5, 5.41) is 16.3. The Morgan fingerprint density at radius 2 is 1.56 bits per heavy atom. The zero-order valence-corrected chi connectivity index (χ0v) is 31.1. The number of rotatable bonds is 9. The van der Waals surface area contributed by atoms with Crippen LogP contribution in [0.5, 0.6) is 11.5 Å². The van der Waals surface area contributed by atoms with Crippen molar-refractivity contribution in [2.45, 2.75) is 71.9 Å². The number of benzene rings is 4. The Labute approximate surface area is 315 Å². The predicted octanol–water partition coefficient (Wildman–Crippen LogP) is 8.56. The van der Waals surface area contributed by atoms with Crippen LogP contribution >= 0.6 is 0 Å². The summed E-state index contributed by atoms with van der Waals surface area (Å²) in [7, 11) is 0. The normalized spacial score (nSPS) is 16.7. The third kappa shape index (κ3) is 9.36. The van der Waals surface area contributed by atoms with E-state index < -0.39 is 29.7 Å². The molecule has 10 nitrogen and oxygen atoms in total. The summed E-state index contributed by atoms with van der Waals surface area (Å²) < 4.78 is 24.9. The number of para-hydroxylation sites is 1. The summed E-state index contributed by atoms with van der Waals surface area (Å²) in [5.41, 5.74) is 3.82. The van der Waals surface area contributed by atoms with Crippen LogP contribution < -0.4 is 20.1 Å². The lowest BCUT2D eigenvalue weighted by Gasteiger charge is -2.26. The minimum atomic E-state index is -1.02. The van der Waals surface area contributed by atoms with Crippen LogP contribution in [0.15, 0.2) is 108 Å². The van der Waals surface area contributed by atoms with Gasteiger partial charge in [-0.3, -0.25) is 4.79 Å². The van der Waals surface area contributed by atoms with Crippen molar-refractivity contribution in [1.82, 2.24) is 15.6 Å². The van der Waals surface area contributed by atoms with E-state index in [9.17, 15) is 14.9 Å². The van der Waals surface area contributed by atoms with Gasteiger partial charge < -0.3 is 29.3 Å². The number of amides is 2. The second-order valence-corrected chi connectivity index (χ2v) is 14.4. The summed E-state index contributed by atoms with van der Waals surface area (Å²) in [6.45, 7) is 9.71. The van der Waals surface area contributed by atoms with E-state index in [1.165, 1.54) is 0 Å². The quantitative estimate of drug-likeness (QED) is 0.154. The summed E-state index contributed by atoms with van der Waals surface area (Å²) in [6.07, 6.45) is 1.31. The van der Waals surface area contributed by atoms with Gasteiger partial charge in [0.15, 0.2) is 11.5 Å². The highest BCUT2D eigenvalue weighted by molar-refractivity contribution is 5.94. The highest BCUT2D eigenvalue weighted by atomic mass is 16.6. The predicted molar refractivity (Wildman–Crippen MR) is 205 cm³/mol. The molecule has 1 aliphatic rings. The smallest absolute Gasteiger partial charge is 0.408 e. The first-order valence-electron chi connectivity index (χ1n) is 18.0. The van der Waals surface area contributed by atoms with Crippen molar-refractivity contribution in [1.29, 1.82) is 5.26 Å². The number of hydrogen-bond acceptors (Lipinski definition) is 8. The number of alkyl carbamates (subject to hydrolysis) is 1. The molecule has 1 aromatic heterocycles. The van der Waals surface area contributed by atoms with Gasteiger partial charge in [0.1, 0.15) is 48.5 Å². The van der Waals surface area contributed by atoms with Crippen LogP contribution in [0.3, 0.4) is 0 Å². The number of carbonyl (C=O) groups excluding carboxylic acids is 2. The Balaban J connectivity index is 1.53. The van der Waals surface area contributed by atoms with E-state index >= 15 is 0 Å². The minimum absolute atomic E-state index is 0.0393. The molecule has 0 spiro atoms. The largest absolute Gasteiger partial charge is 0.488 e. The van der Waals surface area contributed by atoms with Crippen molar-refractivity contribution in [3.05, 3.63) is 148 Å². The molecule has 2 N–H and O–H groups in total. The van der Waals surface area contributed by atoms with E-state index in [2.05, 4.69) is 21.7 Å². The van der Waals surface area contributed by atoms with Crippen LogP contribution in [-0.2, 0) is 29.2 Å². The molecule has 6 rings (SSSR count). The Morgan fingerprint density at radius 1 is 0.926 bits per heavy atom. The van der Waals surface area contributed by atoms with Crippen molar-refractivity contribution >= 4 is 23.6 Å². The molecule has 0 saturated carbocycles. The number of oxazole rings is 1. The molecule has 0 fully saturated rings. The Kier molecular flexibility index (Phi) is 11.5. The number of fused-ring (bicyclic) bond motifs is 4. The Bertz CT molecular complexity index is 2160. The zero-order valence-electron chi connectivity index (χ0n) is 31.1. The highest BCUT2D eigenvalue weighted by Crippen LogP contribution is 2.39. The number of carbonyl (C=O) groups is 2. The molecule has 2 atom stereocenters. The average molecular weight is 725 g/mol. The summed E-state index contributed by atoms with van der Waals surface area (Å²) in [6, 6.07) is 33.3. The van der Waals surface area contributed by atoms with Crippen LogP contribution in [0.1, 0.15) is 85.8 Å². The third-order valence-electron chi connectivity index (χ3n) is 8.70. The molecule has 2 amide bonds. The summed E-state index contributed by atoms with van der Waals surface area (Å²) in [4.78, 5) is 31.8. The van der Waals surface area contributed by atoms with E-state index in [1.54, 1.807) is 20.8 Å². The fourth-order valence-electron chi connectivity index (χ4n) is 6.07. The van der Waals surface area contributed by atoms with Gasteiger partial charge in [-0.25, -0.2) is 9.78 Å². The van der Waals surface area contributed by atoms with Gasteiger partial charge in [0, 0.05) is 23.1 Å². The highest BCUT2D eigenvalue weighted by Gasteiger charge is 2.32. The zero-order chi connectivity index (χ0) is 38.2. The SMILES string of the molecule is CC(C)[C@@H]1NC(=O)[C@@H](NC(=O)OC(C)(C)C)Cc2ccc(OCc3ccccc3)c(c2)/C=C(/c2ccccc2OCc2ccccc2)c2oc1nc2C#N. The Hall–Kier alpha value is -6.34. The maximum absolute atomic E-state index is 14.1. The maximum atomic E-state index is 14.1. The third-order valence-corrected chi connectivity index (χ3v) is 8.70. The molecule has 54 heavy (non-hydrogen) atoms. The molecule has 4 aromatic carbocycles. The lowest BCUT2D eigenvalue weighted by Crippen LogP contribution is -2.50. The molecule has 5 aromatic rings. The van der Waals surface area contributed by atoms with Gasteiger partial charge in [-0.1, -0.05) is 98.8 Å². The van der Waals surface area contributed by atoms with Crippen molar-refractivity contribution in [2.24, 2.45) is 5.92 Å². The second kappa shape index (κ2) is 16.6. The number of nitriles is 1. The van der Waals surface area contributed by atoms with Crippen molar-refractivity contribution in [3.63, 3.8) is 0 Å². The molecular weight excluding hydrogens is 681 g/mol. The minimum Gasteiger partial charge on any atom is -0.488 e. The van der Waals surface area contributed by atoms with Gasteiger partial charge in [0.25, 0.3) is 0 Å². The standard InChI is InChI=1S/C44H44N4O6/c1-28(2)39-42-46-36(25-45)40(53-42)34(33-18-12-13-19-38(33)52-27-30-16-10-7-11-17-30)24-32-22-31(20-21-37(32)51-26-29-14-8-6-9-15-29)23-35(41(49)48-39)47-43(50)54-44(3,4)5/h6-22,24,28,35,39H,23,26-27H2,1-5H3,(H,47,50)(H,48,49)/b34-24-/t35-,39-/m0/s1. The number of hydrogen-bond donors (Lipinski definition) is 2. The molecule has 2 heterocycles. The molecule has 0 saturated heterocycles. The number of ether oxygens (including phenoxy) is 3. The lowest BCUT2D eigenvalue weighted by atomic mass is 9.96. The maximum Gasteiger partial charge on any atom is 0.408 e. The fourth-order valence-corrected chi connectivity index (χ4v) is 6.07. The summed E-state index contributed by atoms with van der Waals surface area (Å²) >= 11 is 0.